The Morgan fingerprint density at radius 2 is 1.70 bits per heavy atom. The lowest BCUT2D eigenvalue weighted by atomic mass is 9.83. The Morgan fingerprint density at radius 3 is 2.20 bits per heavy atom. The first kappa shape index (κ1) is 16.8. The molecule has 0 saturated carbocycles. The molecule has 0 saturated heterocycles. The van der Waals surface area contributed by atoms with Crippen LogP contribution in [0, 0.1) is 11.3 Å². The first-order valence-corrected chi connectivity index (χ1v) is 8.17. The molecule has 0 radical (unpaired) electrons. The van der Waals surface area contributed by atoms with Gasteiger partial charge < -0.3 is 4.57 Å². The summed E-state index contributed by atoms with van der Waals surface area (Å²) in [5.41, 5.74) is 0.809. The van der Waals surface area contributed by atoms with E-state index in [1.807, 2.05) is 19.3 Å². The number of unbranched alkanes of at least 4 members (excludes halogenated alkanes) is 7. The maximum absolute atomic E-state index is 9.52. The van der Waals surface area contributed by atoms with Crippen LogP contribution in [-0.2, 0) is 12.5 Å². The number of aromatic nitrogens is 1. The van der Waals surface area contributed by atoms with E-state index in [2.05, 4.69) is 30.6 Å². The molecule has 0 amide bonds. The van der Waals surface area contributed by atoms with Crippen molar-refractivity contribution in [2.75, 3.05) is 0 Å². The van der Waals surface area contributed by atoms with Gasteiger partial charge in [0.25, 0.3) is 0 Å². The van der Waals surface area contributed by atoms with Gasteiger partial charge in [0.2, 0.25) is 0 Å². The van der Waals surface area contributed by atoms with E-state index in [1.54, 1.807) is 0 Å². The number of rotatable bonds is 10. The third-order valence-electron chi connectivity index (χ3n) is 4.29. The lowest BCUT2D eigenvalue weighted by Gasteiger charge is -2.22. The molecule has 1 rings (SSSR count). The Hall–Kier alpha value is -1.23. The van der Waals surface area contributed by atoms with Crippen LogP contribution in [0.4, 0.5) is 0 Å². The summed E-state index contributed by atoms with van der Waals surface area (Å²) in [5, 5.41) is 9.52. The van der Waals surface area contributed by atoms with Gasteiger partial charge in [-0.05, 0) is 25.5 Å². The van der Waals surface area contributed by atoms with Crippen molar-refractivity contribution >= 4 is 0 Å². The summed E-state index contributed by atoms with van der Waals surface area (Å²) in [4.78, 5) is 0. The molecule has 2 nitrogen and oxygen atoms in total. The fraction of sp³-hybridized carbons (Fsp3) is 0.722. The highest BCUT2D eigenvalue weighted by Gasteiger charge is 2.27. The number of aryl methyl sites for hydroxylation is 1. The van der Waals surface area contributed by atoms with Crippen molar-refractivity contribution in [2.24, 2.45) is 7.05 Å². The molecule has 1 heterocycles. The Labute approximate surface area is 124 Å². The summed E-state index contributed by atoms with van der Waals surface area (Å²) in [6, 6.07) is 6.62. The van der Waals surface area contributed by atoms with E-state index in [9.17, 15) is 5.26 Å². The Kier molecular flexibility index (Phi) is 7.44. The highest BCUT2D eigenvalue weighted by atomic mass is 14.9. The largest absolute Gasteiger partial charge is 0.353 e. The summed E-state index contributed by atoms with van der Waals surface area (Å²) in [5.74, 6) is 0. The maximum atomic E-state index is 9.52. The second kappa shape index (κ2) is 8.84. The molecule has 1 aromatic rings. The molecule has 0 N–H and O–H groups in total. The lowest BCUT2D eigenvalue weighted by molar-refractivity contribution is 0.471. The van der Waals surface area contributed by atoms with E-state index >= 15 is 0 Å². The molecule has 2 heteroatoms. The predicted molar refractivity (Wildman–Crippen MR) is 85.6 cm³/mol. The number of hydrogen-bond acceptors (Lipinski definition) is 1. The van der Waals surface area contributed by atoms with Gasteiger partial charge in [-0.2, -0.15) is 5.26 Å². The topological polar surface area (TPSA) is 28.7 Å². The van der Waals surface area contributed by atoms with Crippen molar-refractivity contribution in [1.82, 2.24) is 4.57 Å². The zero-order valence-corrected chi connectivity index (χ0v) is 13.5. The Morgan fingerprint density at radius 1 is 1.10 bits per heavy atom. The number of hydrogen-bond donors (Lipinski definition) is 0. The molecule has 112 valence electrons. The SMILES string of the molecule is CCCCCCCCCCC(C)(C#N)c1cccn1C. The second-order valence-corrected chi connectivity index (χ2v) is 6.17. The molecule has 0 aliphatic heterocycles. The van der Waals surface area contributed by atoms with Gasteiger partial charge in [-0.15, -0.1) is 0 Å². The first-order valence-electron chi connectivity index (χ1n) is 8.17. The maximum Gasteiger partial charge on any atom is 0.0944 e. The minimum absolute atomic E-state index is 0.333. The van der Waals surface area contributed by atoms with Gasteiger partial charge in [0.05, 0.1) is 11.5 Å². The Balaban J connectivity index is 2.26. The van der Waals surface area contributed by atoms with Crippen LogP contribution >= 0.6 is 0 Å². The summed E-state index contributed by atoms with van der Waals surface area (Å²) in [6.45, 7) is 4.33. The van der Waals surface area contributed by atoms with E-state index < -0.39 is 0 Å². The molecule has 1 aromatic heterocycles. The van der Waals surface area contributed by atoms with Gasteiger partial charge in [-0.1, -0.05) is 58.3 Å². The predicted octanol–water partition coefficient (Wildman–Crippen LogP) is 5.34. The van der Waals surface area contributed by atoms with E-state index in [-0.39, 0.29) is 5.41 Å². The van der Waals surface area contributed by atoms with Crippen molar-refractivity contribution in [1.29, 1.82) is 5.26 Å². The first-order chi connectivity index (χ1) is 9.64. The van der Waals surface area contributed by atoms with Crippen LogP contribution in [0.15, 0.2) is 18.3 Å². The monoisotopic (exact) mass is 274 g/mol. The minimum atomic E-state index is -0.333. The zero-order chi connectivity index (χ0) is 14.8. The van der Waals surface area contributed by atoms with Crippen molar-refractivity contribution in [3.63, 3.8) is 0 Å². The number of nitriles is 1. The van der Waals surface area contributed by atoms with Gasteiger partial charge in [-0.3, -0.25) is 0 Å². The third-order valence-corrected chi connectivity index (χ3v) is 4.29. The second-order valence-electron chi connectivity index (χ2n) is 6.17. The molecule has 0 spiro atoms. The molecule has 0 bridgehead atoms. The van der Waals surface area contributed by atoms with Crippen LogP contribution in [0.1, 0.15) is 77.3 Å². The Bertz CT molecular complexity index is 413. The van der Waals surface area contributed by atoms with Crippen molar-refractivity contribution < 1.29 is 0 Å². The van der Waals surface area contributed by atoms with Gasteiger partial charge in [0.15, 0.2) is 0 Å². The summed E-state index contributed by atoms with van der Waals surface area (Å²) < 4.78 is 2.08. The van der Waals surface area contributed by atoms with Crippen LogP contribution in [0.3, 0.4) is 0 Å². The lowest BCUT2D eigenvalue weighted by Crippen LogP contribution is -2.22. The van der Waals surface area contributed by atoms with Crippen LogP contribution in [0.2, 0.25) is 0 Å². The van der Waals surface area contributed by atoms with Crippen molar-refractivity contribution in [3.8, 4) is 6.07 Å². The standard InChI is InChI=1S/C18H30N2/c1-4-5-6-7-8-9-10-11-14-18(2,16-19)17-13-12-15-20(17)3/h12-13,15H,4-11,14H2,1-3H3. The van der Waals surface area contributed by atoms with Gasteiger partial charge in [0.1, 0.15) is 0 Å². The minimum Gasteiger partial charge on any atom is -0.353 e. The smallest absolute Gasteiger partial charge is 0.0944 e. The van der Waals surface area contributed by atoms with Gasteiger partial charge >= 0.3 is 0 Å². The molecular weight excluding hydrogens is 244 g/mol. The molecule has 0 fully saturated rings. The zero-order valence-electron chi connectivity index (χ0n) is 13.5. The normalized spacial score (nSPS) is 13.9. The molecule has 0 aromatic carbocycles. The average Bonchev–Trinajstić information content (AvgIpc) is 2.88. The van der Waals surface area contributed by atoms with Crippen LogP contribution in [-0.4, -0.2) is 4.57 Å². The van der Waals surface area contributed by atoms with Crippen molar-refractivity contribution in [3.05, 3.63) is 24.0 Å². The molecule has 0 aliphatic rings. The fourth-order valence-electron chi connectivity index (χ4n) is 2.89. The van der Waals surface area contributed by atoms with Crippen LogP contribution < -0.4 is 0 Å². The molecular formula is C18H30N2. The average molecular weight is 274 g/mol. The summed E-state index contributed by atoms with van der Waals surface area (Å²) in [7, 11) is 2.03. The molecule has 0 aliphatic carbocycles. The van der Waals surface area contributed by atoms with E-state index in [0.29, 0.717) is 0 Å². The molecule has 1 atom stereocenters. The van der Waals surface area contributed by atoms with Crippen LogP contribution in [0.5, 0.6) is 0 Å². The highest BCUT2D eigenvalue weighted by Crippen LogP contribution is 2.29. The van der Waals surface area contributed by atoms with Gasteiger partial charge in [-0.25, -0.2) is 0 Å². The van der Waals surface area contributed by atoms with Crippen molar-refractivity contribution in [2.45, 2.75) is 77.0 Å². The van der Waals surface area contributed by atoms with E-state index in [1.165, 1.54) is 44.9 Å². The molecule has 1 unspecified atom stereocenters. The quantitative estimate of drug-likeness (QED) is 0.530. The van der Waals surface area contributed by atoms with Crippen LogP contribution in [0.25, 0.3) is 0 Å². The molecule has 20 heavy (non-hydrogen) atoms. The highest BCUT2D eigenvalue weighted by molar-refractivity contribution is 5.26. The van der Waals surface area contributed by atoms with Gasteiger partial charge in [0, 0.05) is 18.9 Å². The fourth-order valence-corrected chi connectivity index (χ4v) is 2.89. The summed E-state index contributed by atoms with van der Waals surface area (Å²) >= 11 is 0. The van der Waals surface area contributed by atoms with E-state index in [0.717, 1.165) is 18.5 Å². The third kappa shape index (κ3) is 5.04. The summed E-state index contributed by atoms with van der Waals surface area (Å²) in [6.07, 6.45) is 13.5. The van der Waals surface area contributed by atoms with E-state index in [4.69, 9.17) is 0 Å². The number of nitrogens with zero attached hydrogens (tertiary/aromatic N) is 2.